The molecule has 0 amide bonds. The van der Waals surface area contributed by atoms with Crippen molar-refractivity contribution in [2.45, 2.75) is 24.8 Å². The zero-order valence-corrected chi connectivity index (χ0v) is 14.4. The number of H-pyrrole nitrogens is 1. The van der Waals surface area contributed by atoms with Gasteiger partial charge in [0.15, 0.2) is 0 Å². The summed E-state index contributed by atoms with van der Waals surface area (Å²) < 4.78 is 32.0. The maximum atomic E-state index is 12.9. The maximum Gasteiger partial charge on any atom is 0.307 e. The van der Waals surface area contributed by atoms with Crippen LogP contribution in [0.4, 0.5) is 0 Å². The van der Waals surface area contributed by atoms with Crippen LogP contribution in [0.15, 0.2) is 29.3 Å². The van der Waals surface area contributed by atoms with E-state index >= 15 is 0 Å². The van der Waals surface area contributed by atoms with Crippen LogP contribution < -0.4 is 4.74 Å². The summed E-state index contributed by atoms with van der Waals surface area (Å²) in [4.78, 5) is 10.8. The molecule has 1 heterocycles. The molecule has 130 valence electrons. The molecule has 2 aromatic rings. The van der Waals surface area contributed by atoms with Crippen molar-refractivity contribution in [3.8, 4) is 5.75 Å². The summed E-state index contributed by atoms with van der Waals surface area (Å²) in [5, 5.41) is 15.5. The average molecular weight is 353 g/mol. The maximum absolute atomic E-state index is 12.9. The molecule has 24 heavy (non-hydrogen) atoms. The van der Waals surface area contributed by atoms with Crippen molar-refractivity contribution in [1.29, 1.82) is 0 Å². The highest BCUT2D eigenvalue weighted by Gasteiger charge is 2.26. The van der Waals surface area contributed by atoms with Crippen LogP contribution in [0.25, 0.3) is 0 Å². The Hall–Kier alpha value is -2.39. The number of hydrogen-bond donors (Lipinski definition) is 2. The van der Waals surface area contributed by atoms with Crippen LogP contribution in [0.1, 0.15) is 16.8 Å². The summed E-state index contributed by atoms with van der Waals surface area (Å²) >= 11 is 0. The SMILES string of the molecule is COc1ccc(CC(=O)O)cc1S(=O)(=O)N(C)Cc1cn[nH]c1C. The van der Waals surface area contributed by atoms with Gasteiger partial charge in [-0.05, 0) is 24.6 Å². The molecule has 0 atom stereocenters. The molecule has 0 saturated heterocycles. The fraction of sp³-hybridized carbons (Fsp3) is 0.333. The first-order valence-corrected chi connectivity index (χ1v) is 8.53. The van der Waals surface area contributed by atoms with Crippen LogP contribution in [0.3, 0.4) is 0 Å². The van der Waals surface area contributed by atoms with E-state index in [1.54, 1.807) is 13.1 Å². The second-order valence-corrected chi connectivity index (χ2v) is 7.35. The zero-order valence-electron chi connectivity index (χ0n) is 13.6. The number of nitrogens with one attached hydrogen (secondary N) is 1. The summed E-state index contributed by atoms with van der Waals surface area (Å²) in [6.45, 7) is 1.94. The Labute approximate surface area is 140 Å². The predicted octanol–water partition coefficient (Wildman–Crippen LogP) is 1.17. The molecule has 0 spiro atoms. The first-order valence-electron chi connectivity index (χ1n) is 7.09. The van der Waals surface area contributed by atoms with Crippen molar-refractivity contribution in [3.63, 3.8) is 0 Å². The number of aryl methyl sites for hydroxylation is 1. The van der Waals surface area contributed by atoms with Crippen LogP contribution >= 0.6 is 0 Å². The Balaban J connectivity index is 2.39. The van der Waals surface area contributed by atoms with Gasteiger partial charge in [-0.25, -0.2) is 8.42 Å². The minimum absolute atomic E-state index is 0.0626. The second-order valence-electron chi connectivity index (χ2n) is 5.34. The highest BCUT2D eigenvalue weighted by molar-refractivity contribution is 7.89. The number of aromatic nitrogens is 2. The molecule has 0 saturated carbocycles. The number of carboxylic acids is 1. The molecule has 8 nitrogen and oxygen atoms in total. The number of rotatable bonds is 7. The van der Waals surface area contributed by atoms with E-state index in [-0.39, 0.29) is 23.6 Å². The third-order valence-electron chi connectivity index (χ3n) is 3.60. The first-order chi connectivity index (χ1) is 11.3. The van der Waals surface area contributed by atoms with Crippen LogP contribution in [-0.2, 0) is 27.8 Å². The van der Waals surface area contributed by atoms with Gasteiger partial charge in [0, 0.05) is 24.8 Å². The molecule has 2 N–H and O–H groups in total. The van der Waals surface area contributed by atoms with E-state index in [4.69, 9.17) is 9.84 Å². The molecule has 9 heteroatoms. The fourth-order valence-corrected chi connectivity index (χ4v) is 3.59. The van der Waals surface area contributed by atoms with Gasteiger partial charge in [-0.3, -0.25) is 9.89 Å². The van der Waals surface area contributed by atoms with Crippen molar-refractivity contribution in [2.24, 2.45) is 0 Å². The molecular formula is C15H19N3O5S. The molecule has 0 aliphatic heterocycles. The minimum Gasteiger partial charge on any atom is -0.495 e. The van der Waals surface area contributed by atoms with Crippen LogP contribution in [-0.4, -0.2) is 48.2 Å². The summed E-state index contributed by atoms with van der Waals surface area (Å²) in [6.07, 6.45) is 1.30. The Kier molecular flexibility index (Phi) is 5.25. The normalized spacial score (nSPS) is 11.7. The molecule has 0 unspecified atom stereocenters. The van der Waals surface area contributed by atoms with Gasteiger partial charge in [-0.1, -0.05) is 6.07 Å². The monoisotopic (exact) mass is 353 g/mol. The van der Waals surface area contributed by atoms with Crippen LogP contribution in [0.2, 0.25) is 0 Å². The van der Waals surface area contributed by atoms with E-state index in [0.717, 1.165) is 11.3 Å². The molecule has 0 bridgehead atoms. The third-order valence-corrected chi connectivity index (χ3v) is 5.42. The molecule has 0 radical (unpaired) electrons. The highest BCUT2D eigenvalue weighted by Crippen LogP contribution is 2.28. The lowest BCUT2D eigenvalue weighted by Gasteiger charge is -2.19. The number of benzene rings is 1. The molecule has 0 aliphatic carbocycles. The van der Waals surface area contributed by atoms with Crippen LogP contribution in [0.5, 0.6) is 5.75 Å². The Morgan fingerprint density at radius 3 is 2.67 bits per heavy atom. The number of carboxylic acid groups (broad SMARTS) is 1. The first kappa shape index (κ1) is 18.0. The van der Waals surface area contributed by atoms with Gasteiger partial charge in [0.1, 0.15) is 10.6 Å². The molecule has 1 aromatic carbocycles. The number of carbonyl (C=O) groups is 1. The van der Waals surface area contributed by atoms with E-state index in [1.807, 2.05) is 0 Å². The number of nitrogens with zero attached hydrogens (tertiary/aromatic N) is 2. The van der Waals surface area contributed by atoms with Crippen molar-refractivity contribution >= 4 is 16.0 Å². The lowest BCUT2D eigenvalue weighted by molar-refractivity contribution is -0.136. The van der Waals surface area contributed by atoms with Crippen molar-refractivity contribution in [3.05, 3.63) is 41.2 Å². The quantitative estimate of drug-likeness (QED) is 0.773. The van der Waals surface area contributed by atoms with Crippen LogP contribution in [0, 0.1) is 6.92 Å². The zero-order chi connectivity index (χ0) is 17.9. The lowest BCUT2D eigenvalue weighted by Crippen LogP contribution is -2.27. The number of sulfonamides is 1. The van der Waals surface area contributed by atoms with Crippen molar-refractivity contribution in [2.75, 3.05) is 14.2 Å². The van der Waals surface area contributed by atoms with Gasteiger partial charge in [0.05, 0.1) is 19.7 Å². The largest absolute Gasteiger partial charge is 0.495 e. The highest BCUT2D eigenvalue weighted by atomic mass is 32.2. The van der Waals surface area contributed by atoms with Gasteiger partial charge in [-0.2, -0.15) is 9.40 Å². The predicted molar refractivity (Wildman–Crippen MR) is 86.3 cm³/mol. The lowest BCUT2D eigenvalue weighted by atomic mass is 10.1. The average Bonchev–Trinajstić information content (AvgIpc) is 2.91. The molecule has 0 aliphatic rings. The molecule has 0 fully saturated rings. The smallest absolute Gasteiger partial charge is 0.307 e. The van der Waals surface area contributed by atoms with E-state index in [2.05, 4.69) is 10.2 Å². The Morgan fingerprint density at radius 2 is 2.12 bits per heavy atom. The Morgan fingerprint density at radius 1 is 1.42 bits per heavy atom. The Bertz CT molecular complexity index is 845. The van der Waals surface area contributed by atoms with Gasteiger partial charge < -0.3 is 9.84 Å². The summed E-state index contributed by atoms with van der Waals surface area (Å²) in [6, 6.07) is 4.33. The summed E-state index contributed by atoms with van der Waals surface area (Å²) in [5.74, 6) is -0.870. The van der Waals surface area contributed by atoms with Crippen molar-refractivity contribution in [1.82, 2.24) is 14.5 Å². The van der Waals surface area contributed by atoms with Gasteiger partial charge >= 0.3 is 5.97 Å². The third kappa shape index (κ3) is 3.74. The fourth-order valence-electron chi connectivity index (χ4n) is 2.24. The summed E-state index contributed by atoms with van der Waals surface area (Å²) in [7, 11) is -1.04. The van der Waals surface area contributed by atoms with Gasteiger partial charge in [0.2, 0.25) is 10.0 Å². The molecular weight excluding hydrogens is 334 g/mol. The minimum atomic E-state index is -3.86. The standard InChI is InChI=1S/C15H19N3O5S/c1-10-12(8-16-17-10)9-18(2)24(21,22)14-6-11(7-15(19)20)4-5-13(14)23-3/h4-6,8H,7,9H2,1-3H3,(H,16,17)(H,19,20). The number of methoxy groups -OCH3 is 1. The number of ether oxygens (including phenoxy) is 1. The number of aromatic amines is 1. The van der Waals surface area contributed by atoms with E-state index in [0.29, 0.717) is 5.56 Å². The van der Waals surface area contributed by atoms with E-state index < -0.39 is 16.0 Å². The van der Waals surface area contributed by atoms with Crippen molar-refractivity contribution < 1.29 is 23.1 Å². The molecule has 1 aromatic heterocycles. The number of hydrogen-bond acceptors (Lipinski definition) is 5. The van der Waals surface area contributed by atoms with E-state index in [1.165, 1.54) is 36.7 Å². The summed E-state index contributed by atoms with van der Waals surface area (Å²) in [5.41, 5.74) is 1.92. The van der Waals surface area contributed by atoms with E-state index in [9.17, 15) is 13.2 Å². The van der Waals surface area contributed by atoms with Gasteiger partial charge in [-0.15, -0.1) is 0 Å². The number of aliphatic carboxylic acids is 1. The molecule has 2 rings (SSSR count). The van der Waals surface area contributed by atoms with Gasteiger partial charge in [0.25, 0.3) is 0 Å². The topological polar surface area (TPSA) is 113 Å². The second kappa shape index (κ2) is 7.02.